The van der Waals surface area contributed by atoms with E-state index in [2.05, 4.69) is 5.32 Å². The molecule has 126 valence electrons. The van der Waals surface area contributed by atoms with Crippen molar-refractivity contribution in [2.45, 2.75) is 20.8 Å². The van der Waals surface area contributed by atoms with Crippen LogP contribution in [0.25, 0.3) is 0 Å². The number of carbonyl (C=O) groups excluding carboxylic acids is 2. The molecule has 0 aliphatic rings. The molecule has 1 N–H and O–H groups in total. The van der Waals surface area contributed by atoms with Crippen LogP contribution in [0.4, 0.5) is 5.69 Å². The fraction of sp³-hybridized carbons (Fsp3) is 0.222. The van der Waals surface area contributed by atoms with E-state index in [0.29, 0.717) is 21.3 Å². The van der Waals surface area contributed by atoms with Crippen LogP contribution >= 0.6 is 23.2 Å². The van der Waals surface area contributed by atoms with Crippen molar-refractivity contribution in [3.05, 3.63) is 62.6 Å². The summed E-state index contributed by atoms with van der Waals surface area (Å²) in [4.78, 5) is 24.1. The summed E-state index contributed by atoms with van der Waals surface area (Å²) in [5.41, 5.74) is 3.26. The Labute approximate surface area is 150 Å². The first-order chi connectivity index (χ1) is 11.3. The van der Waals surface area contributed by atoms with E-state index in [4.69, 9.17) is 27.9 Å². The van der Waals surface area contributed by atoms with Gasteiger partial charge in [-0.25, -0.2) is 4.79 Å². The van der Waals surface area contributed by atoms with E-state index in [-0.39, 0.29) is 0 Å². The Morgan fingerprint density at radius 2 is 1.71 bits per heavy atom. The molecule has 0 bridgehead atoms. The minimum absolute atomic E-state index is 0.311. The van der Waals surface area contributed by atoms with E-state index in [0.717, 1.165) is 16.7 Å². The number of esters is 1. The number of aryl methyl sites for hydroxylation is 3. The van der Waals surface area contributed by atoms with E-state index < -0.39 is 18.5 Å². The Kier molecular flexibility index (Phi) is 5.86. The lowest BCUT2D eigenvalue weighted by molar-refractivity contribution is -0.119. The van der Waals surface area contributed by atoms with Crippen molar-refractivity contribution in [2.75, 3.05) is 11.9 Å². The number of ether oxygens (including phenoxy) is 1. The van der Waals surface area contributed by atoms with Crippen molar-refractivity contribution in [3.63, 3.8) is 0 Å². The van der Waals surface area contributed by atoms with Gasteiger partial charge in [0.2, 0.25) is 0 Å². The average molecular weight is 366 g/mol. The molecule has 0 saturated carbocycles. The molecular formula is C18H17Cl2NO3. The Morgan fingerprint density at radius 1 is 1.04 bits per heavy atom. The number of hydrogen-bond acceptors (Lipinski definition) is 3. The van der Waals surface area contributed by atoms with Crippen LogP contribution in [0.2, 0.25) is 10.0 Å². The second-order valence-corrected chi connectivity index (χ2v) is 6.28. The fourth-order valence-corrected chi connectivity index (χ4v) is 2.58. The number of anilines is 1. The number of rotatable bonds is 4. The van der Waals surface area contributed by atoms with Crippen LogP contribution in [-0.4, -0.2) is 18.5 Å². The molecule has 0 spiro atoms. The van der Waals surface area contributed by atoms with Crippen LogP contribution in [0.3, 0.4) is 0 Å². The van der Waals surface area contributed by atoms with Crippen molar-refractivity contribution < 1.29 is 14.3 Å². The second-order valence-electron chi connectivity index (χ2n) is 5.50. The zero-order valence-electron chi connectivity index (χ0n) is 13.6. The van der Waals surface area contributed by atoms with Gasteiger partial charge in [-0.1, -0.05) is 47.0 Å². The number of carbonyl (C=O) groups is 2. The highest BCUT2D eigenvalue weighted by molar-refractivity contribution is 6.40. The Hall–Kier alpha value is -2.04. The predicted octanol–water partition coefficient (Wildman–Crippen LogP) is 4.71. The first-order valence-corrected chi connectivity index (χ1v) is 8.04. The zero-order valence-corrected chi connectivity index (χ0v) is 15.1. The van der Waals surface area contributed by atoms with E-state index in [9.17, 15) is 9.59 Å². The van der Waals surface area contributed by atoms with Crippen molar-refractivity contribution in [1.29, 1.82) is 0 Å². The molecule has 0 atom stereocenters. The van der Waals surface area contributed by atoms with Gasteiger partial charge in [-0.3, -0.25) is 4.79 Å². The van der Waals surface area contributed by atoms with Crippen molar-refractivity contribution in [2.24, 2.45) is 0 Å². The highest BCUT2D eigenvalue weighted by Gasteiger charge is 2.15. The number of benzene rings is 2. The SMILES string of the molecule is Cc1ccc(C)c(C(=O)OCC(=O)Nc2c(Cl)ccc(C)c2Cl)c1. The molecular weight excluding hydrogens is 349 g/mol. The summed E-state index contributed by atoms with van der Waals surface area (Å²) in [5, 5.41) is 3.25. The van der Waals surface area contributed by atoms with Gasteiger partial charge in [0.1, 0.15) is 0 Å². The molecule has 0 heterocycles. The highest BCUT2D eigenvalue weighted by Crippen LogP contribution is 2.32. The Morgan fingerprint density at radius 3 is 2.42 bits per heavy atom. The molecule has 0 unspecified atom stereocenters. The van der Waals surface area contributed by atoms with Crippen LogP contribution in [0.5, 0.6) is 0 Å². The van der Waals surface area contributed by atoms with Crippen LogP contribution in [0.15, 0.2) is 30.3 Å². The summed E-state index contributed by atoms with van der Waals surface area (Å²) in [5.74, 6) is -1.06. The molecule has 6 heteroatoms. The number of amides is 1. The summed E-state index contributed by atoms with van der Waals surface area (Å²) >= 11 is 12.2. The molecule has 4 nitrogen and oxygen atoms in total. The maximum absolute atomic E-state index is 12.1. The molecule has 0 radical (unpaired) electrons. The zero-order chi connectivity index (χ0) is 17.9. The summed E-state index contributed by atoms with van der Waals surface area (Å²) in [6.07, 6.45) is 0. The molecule has 0 aromatic heterocycles. The van der Waals surface area contributed by atoms with Crippen LogP contribution in [-0.2, 0) is 9.53 Å². The quantitative estimate of drug-likeness (QED) is 0.797. The van der Waals surface area contributed by atoms with Gasteiger partial charge in [0.25, 0.3) is 5.91 Å². The van der Waals surface area contributed by atoms with E-state index in [1.54, 1.807) is 25.1 Å². The third-order valence-electron chi connectivity index (χ3n) is 3.50. The third kappa shape index (κ3) is 4.28. The van der Waals surface area contributed by atoms with E-state index in [1.165, 1.54) is 0 Å². The monoisotopic (exact) mass is 365 g/mol. The maximum Gasteiger partial charge on any atom is 0.338 e. The van der Waals surface area contributed by atoms with Crippen LogP contribution in [0.1, 0.15) is 27.0 Å². The molecule has 2 aromatic carbocycles. The Bertz CT molecular complexity index is 803. The molecule has 0 fully saturated rings. The lowest BCUT2D eigenvalue weighted by Crippen LogP contribution is -2.21. The van der Waals surface area contributed by atoms with Crippen molar-refractivity contribution in [3.8, 4) is 0 Å². The van der Waals surface area contributed by atoms with Gasteiger partial charge in [0.05, 0.1) is 21.3 Å². The smallest absolute Gasteiger partial charge is 0.338 e. The minimum Gasteiger partial charge on any atom is -0.452 e. The third-order valence-corrected chi connectivity index (χ3v) is 4.30. The molecule has 2 rings (SSSR count). The summed E-state index contributed by atoms with van der Waals surface area (Å²) < 4.78 is 5.07. The van der Waals surface area contributed by atoms with E-state index >= 15 is 0 Å². The first kappa shape index (κ1) is 18.3. The molecule has 0 aliphatic carbocycles. The topological polar surface area (TPSA) is 55.4 Å². The number of nitrogens with one attached hydrogen (secondary N) is 1. The Balaban J connectivity index is 2.03. The molecule has 0 aliphatic heterocycles. The van der Waals surface area contributed by atoms with Crippen LogP contribution in [0, 0.1) is 20.8 Å². The largest absolute Gasteiger partial charge is 0.452 e. The standard InChI is InChI=1S/C18H17Cl2NO3/c1-10-4-5-11(2)13(8-10)18(23)24-9-15(22)21-17-14(19)7-6-12(3)16(17)20/h4-8H,9H2,1-3H3,(H,21,22). The van der Waals surface area contributed by atoms with Gasteiger partial charge in [-0.15, -0.1) is 0 Å². The van der Waals surface area contributed by atoms with Crippen molar-refractivity contribution >= 4 is 40.8 Å². The summed E-state index contributed by atoms with van der Waals surface area (Å²) in [7, 11) is 0. The number of hydrogen-bond donors (Lipinski definition) is 1. The normalized spacial score (nSPS) is 10.4. The lowest BCUT2D eigenvalue weighted by atomic mass is 10.1. The van der Waals surface area contributed by atoms with Gasteiger partial charge in [-0.05, 0) is 44.0 Å². The van der Waals surface area contributed by atoms with Gasteiger partial charge in [0.15, 0.2) is 6.61 Å². The molecule has 0 saturated heterocycles. The van der Waals surface area contributed by atoms with Gasteiger partial charge < -0.3 is 10.1 Å². The highest BCUT2D eigenvalue weighted by atomic mass is 35.5. The first-order valence-electron chi connectivity index (χ1n) is 7.28. The van der Waals surface area contributed by atoms with E-state index in [1.807, 2.05) is 26.0 Å². The molecule has 2 aromatic rings. The lowest BCUT2D eigenvalue weighted by Gasteiger charge is -2.12. The van der Waals surface area contributed by atoms with Gasteiger partial charge >= 0.3 is 5.97 Å². The number of halogens is 2. The summed E-state index contributed by atoms with van der Waals surface area (Å²) in [6, 6.07) is 8.85. The van der Waals surface area contributed by atoms with Crippen LogP contribution < -0.4 is 5.32 Å². The predicted molar refractivity (Wildman–Crippen MR) is 96.0 cm³/mol. The second kappa shape index (κ2) is 7.69. The fourth-order valence-electron chi connectivity index (χ4n) is 2.11. The van der Waals surface area contributed by atoms with Gasteiger partial charge in [-0.2, -0.15) is 0 Å². The molecule has 1 amide bonds. The maximum atomic E-state index is 12.1. The summed E-state index contributed by atoms with van der Waals surface area (Å²) in [6.45, 7) is 5.06. The average Bonchev–Trinajstić information content (AvgIpc) is 2.55. The molecule has 24 heavy (non-hydrogen) atoms. The van der Waals surface area contributed by atoms with Crippen molar-refractivity contribution in [1.82, 2.24) is 0 Å². The minimum atomic E-state index is -0.548. The van der Waals surface area contributed by atoms with Gasteiger partial charge in [0, 0.05) is 0 Å².